The molecule has 2 aromatic rings. The zero-order valence-corrected chi connectivity index (χ0v) is 18.4. The highest BCUT2D eigenvalue weighted by molar-refractivity contribution is 7.80. The van der Waals surface area contributed by atoms with Crippen LogP contribution in [0.5, 0.6) is 5.75 Å². The molecule has 0 aromatic heterocycles. The predicted molar refractivity (Wildman–Crippen MR) is 119 cm³/mol. The lowest BCUT2D eigenvalue weighted by Crippen LogP contribution is -2.71. The average Bonchev–Trinajstić information content (AvgIpc) is 2.64. The van der Waals surface area contributed by atoms with Gasteiger partial charge in [0, 0.05) is 22.8 Å². The first-order valence-electron chi connectivity index (χ1n) is 9.69. The van der Waals surface area contributed by atoms with E-state index in [1.807, 2.05) is 56.9 Å². The molecule has 2 aromatic carbocycles. The highest BCUT2D eigenvalue weighted by atomic mass is 35.5. The maximum atomic E-state index is 13.6. The Hall–Kier alpha value is -2.31. The van der Waals surface area contributed by atoms with Crippen LogP contribution in [0.25, 0.3) is 0 Å². The van der Waals surface area contributed by atoms with Gasteiger partial charge in [-0.3, -0.25) is 4.79 Å². The fourth-order valence-corrected chi connectivity index (χ4v) is 5.06. The lowest BCUT2D eigenvalue weighted by Gasteiger charge is -2.56. The molecule has 2 N–H and O–H groups in total. The molecule has 1 fully saturated rings. The molecule has 29 heavy (non-hydrogen) atoms. The van der Waals surface area contributed by atoms with E-state index in [0.29, 0.717) is 22.4 Å². The van der Waals surface area contributed by atoms with Gasteiger partial charge >= 0.3 is 0 Å². The van der Waals surface area contributed by atoms with Gasteiger partial charge in [-0.2, -0.15) is 0 Å². The van der Waals surface area contributed by atoms with Crippen LogP contribution in [0.15, 0.2) is 36.4 Å². The van der Waals surface area contributed by atoms with E-state index in [4.69, 9.17) is 28.6 Å². The van der Waals surface area contributed by atoms with Crippen molar-refractivity contribution in [3.63, 3.8) is 0 Å². The maximum absolute atomic E-state index is 13.6. The number of carbonyl (C=O) groups excluding carboxylic acids is 1. The van der Waals surface area contributed by atoms with Crippen LogP contribution in [0.1, 0.15) is 36.6 Å². The van der Waals surface area contributed by atoms with Gasteiger partial charge in [0.05, 0.1) is 6.04 Å². The number of ether oxygens (including phenoxy) is 1. The first-order chi connectivity index (χ1) is 13.7. The van der Waals surface area contributed by atoms with Gasteiger partial charge in [0.25, 0.3) is 0 Å². The number of thiocarbonyl (C=S) groups is 1. The number of amides is 1. The Morgan fingerprint density at radius 3 is 2.76 bits per heavy atom. The van der Waals surface area contributed by atoms with Crippen LogP contribution in [0, 0.1) is 19.8 Å². The van der Waals surface area contributed by atoms with Gasteiger partial charge in [-0.25, -0.2) is 0 Å². The van der Waals surface area contributed by atoms with Crippen LogP contribution in [-0.2, 0) is 4.79 Å². The molecule has 1 saturated heterocycles. The van der Waals surface area contributed by atoms with Crippen LogP contribution in [0.3, 0.4) is 0 Å². The molecule has 0 spiro atoms. The summed E-state index contributed by atoms with van der Waals surface area (Å²) in [5.74, 6) is 0.0651. The molecule has 0 radical (unpaired) electrons. The van der Waals surface area contributed by atoms with Gasteiger partial charge in [0.2, 0.25) is 5.91 Å². The lowest BCUT2D eigenvalue weighted by molar-refractivity contribution is -0.148. The summed E-state index contributed by atoms with van der Waals surface area (Å²) in [5.41, 5.74) is 2.90. The summed E-state index contributed by atoms with van der Waals surface area (Å²) in [6.07, 6.45) is 0. The molecule has 2 aliphatic heterocycles. The van der Waals surface area contributed by atoms with Crippen LogP contribution < -0.4 is 15.4 Å². The topological polar surface area (TPSA) is 53.6 Å². The highest BCUT2D eigenvalue weighted by Gasteiger charge is 2.58. The molecule has 0 aliphatic carbocycles. The lowest BCUT2D eigenvalue weighted by atomic mass is 9.78. The van der Waals surface area contributed by atoms with Gasteiger partial charge in [-0.05, 0) is 69.7 Å². The maximum Gasteiger partial charge on any atom is 0.236 e. The number of anilines is 1. The molecule has 4 rings (SSSR count). The fraction of sp³-hybridized carbons (Fsp3) is 0.364. The summed E-state index contributed by atoms with van der Waals surface area (Å²) < 4.78 is 6.42. The zero-order chi connectivity index (χ0) is 20.9. The molecular formula is C22H24ClN3O2S. The predicted octanol–water partition coefficient (Wildman–Crippen LogP) is 4.57. The second-order valence-corrected chi connectivity index (χ2v) is 8.62. The largest absolute Gasteiger partial charge is 0.467 e. The Bertz CT molecular complexity index is 1010. The van der Waals surface area contributed by atoms with Crippen molar-refractivity contribution in [3.05, 3.63) is 58.1 Å². The number of aryl methyl sites for hydroxylation is 2. The number of fused-ring (bicyclic) bond motifs is 4. The van der Waals surface area contributed by atoms with Gasteiger partial charge in [-0.15, -0.1) is 0 Å². The second-order valence-electron chi connectivity index (χ2n) is 7.80. The quantitative estimate of drug-likeness (QED) is 0.700. The summed E-state index contributed by atoms with van der Waals surface area (Å²) in [6, 6.07) is 11.1. The van der Waals surface area contributed by atoms with E-state index in [9.17, 15) is 4.79 Å². The number of halogens is 1. The third-order valence-electron chi connectivity index (χ3n) is 5.83. The molecule has 1 amide bonds. The van der Waals surface area contributed by atoms with E-state index in [2.05, 4.69) is 16.7 Å². The number of rotatable bonds is 3. The Morgan fingerprint density at radius 1 is 1.31 bits per heavy atom. The van der Waals surface area contributed by atoms with Gasteiger partial charge in [-0.1, -0.05) is 29.3 Å². The Labute approximate surface area is 181 Å². The molecule has 2 heterocycles. The van der Waals surface area contributed by atoms with Crippen molar-refractivity contribution in [2.24, 2.45) is 5.92 Å². The summed E-state index contributed by atoms with van der Waals surface area (Å²) in [5, 5.41) is 7.62. The minimum Gasteiger partial charge on any atom is -0.467 e. The van der Waals surface area contributed by atoms with E-state index < -0.39 is 11.6 Å². The highest BCUT2D eigenvalue weighted by Crippen LogP contribution is 2.49. The third kappa shape index (κ3) is 3.24. The number of nitrogens with one attached hydrogen (secondary N) is 2. The van der Waals surface area contributed by atoms with Crippen molar-refractivity contribution < 1.29 is 9.53 Å². The summed E-state index contributed by atoms with van der Waals surface area (Å²) in [7, 11) is 0. The molecule has 7 heteroatoms. The number of benzene rings is 2. The zero-order valence-electron chi connectivity index (χ0n) is 16.9. The van der Waals surface area contributed by atoms with Crippen molar-refractivity contribution in [1.82, 2.24) is 10.2 Å². The van der Waals surface area contributed by atoms with Gasteiger partial charge < -0.3 is 20.3 Å². The van der Waals surface area contributed by atoms with E-state index >= 15 is 0 Å². The van der Waals surface area contributed by atoms with E-state index in [1.54, 1.807) is 6.07 Å². The summed E-state index contributed by atoms with van der Waals surface area (Å²) >= 11 is 11.8. The van der Waals surface area contributed by atoms with Crippen LogP contribution in [0.2, 0.25) is 5.02 Å². The Morgan fingerprint density at radius 2 is 2.07 bits per heavy atom. The first-order valence-corrected chi connectivity index (χ1v) is 10.5. The van der Waals surface area contributed by atoms with E-state index in [1.165, 1.54) is 0 Å². The number of hydrogen-bond donors (Lipinski definition) is 2. The molecule has 2 bridgehead atoms. The number of carbonyl (C=O) groups is 1. The van der Waals surface area contributed by atoms with Crippen LogP contribution in [-0.4, -0.2) is 28.2 Å². The average molecular weight is 430 g/mol. The van der Waals surface area contributed by atoms with Crippen LogP contribution in [0.4, 0.5) is 5.69 Å². The van der Waals surface area contributed by atoms with Gasteiger partial charge in [0.15, 0.2) is 10.8 Å². The van der Waals surface area contributed by atoms with E-state index in [-0.39, 0.29) is 11.9 Å². The molecule has 152 valence electrons. The Balaban J connectivity index is 1.78. The molecule has 3 atom stereocenters. The van der Waals surface area contributed by atoms with Crippen molar-refractivity contribution in [2.45, 2.75) is 39.5 Å². The first kappa shape index (κ1) is 20.0. The SMILES string of the molecule is CCN1C(=S)N[C@H]2c3cc(Cl)ccc3O[C@@]1(C)[C@@H]2C(=O)Nc1ccc(C)cc1C. The van der Waals surface area contributed by atoms with E-state index in [0.717, 1.165) is 22.4 Å². The minimum atomic E-state index is -0.911. The normalized spacial score (nSPS) is 25.0. The van der Waals surface area contributed by atoms with Crippen LogP contribution >= 0.6 is 23.8 Å². The number of nitrogens with zero attached hydrogens (tertiary/aromatic N) is 1. The minimum absolute atomic E-state index is 0.122. The molecular weight excluding hydrogens is 406 g/mol. The third-order valence-corrected chi connectivity index (χ3v) is 6.41. The van der Waals surface area contributed by atoms with Crippen molar-refractivity contribution >= 4 is 40.5 Å². The number of hydrogen-bond acceptors (Lipinski definition) is 3. The standard InChI is InChI=1S/C22H24ClN3O2S/c1-5-26-21(29)25-19-15-11-14(23)7-9-17(15)28-22(26,4)18(19)20(27)24-16-8-6-12(2)10-13(16)3/h6-11,18-19H,5H2,1-4H3,(H,24,27)(H,25,29)/t18-,19-,22-/m0/s1. The Kier molecular flexibility index (Phi) is 4.95. The second kappa shape index (κ2) is 7.18. The smallest absolute Gasteiger partial charge is 0.236 e. The van der Waals surface area contributed by atoms with Crippen molar-refractivity contribution in [3.8, 4) is 5.75 Å². The van der Waals surface area contributed by atoms with Crippen molar-refractivity contribution in [1.29, 1.82) is 0 Å². The molecule has 0 unspecified atom stereocenters. The van der Waals surface area contributed by atoms with Gasteiger partial charge in [0.1, 0.15) is 11.7 Å². The molecule has 5 nitrogen and oxygen atoms in total. The molecule has 0 saturated carbocycles. The monoisotopic (exact) mass is 429 g/mol. The fourth-order valence-electron chi connectivity index (χ4n) is 4.44. The summed E-state index contributed by atoms with van der Waals surface area (Å²) in [4.78, 5) is 15.5. The molecule has 2 aliphatic rings. The summed E-state index contributed by atoms with van der Waals surface area (Å²) in [6.45, 7) is 8.57. The van der Waals surface area contributed by atoms with Crippen molar-refractivity contribution in [2.75, 3.05) is 11.9 Å².